The van der Waals surface area contributed by atoms with E-state index in [1.54, 1.807) is 13.8 Å². The van der Waals surface area contributed by atoms with Crippen molar-refractivity contribution in [3.63, 3.8) is 0 Å². The summed E-state index contributed by atoms with van der Waals surface area (Å²) in [6, 6.07) is 0. The van der Waals surface area contributed by atoms with Gasteiger partial charge in [0.25, 0.3) is 0 Å². The van der Waals surface area contributed by atoms with E-state index in [1.165, 1.54) is 0 Å². The Kier molecular flexibility index (Phi) is 6.00. The van der Waals surface area contributed by atoms with Gasteiger partial charge in [-0.1, -0.05) is 20.8 Å². The highest BCUT2D eigenvalue weighted by Crippen LogP contribution is 2.31. The van der Waals surface area contributed by atoms with Crippen molar-refractivity contribution in [2.45, 2.75) is 46.5 Å². The van der Waals surface area contributed by atoms with Crippen LogP contribution in [0, 0.1) is 5.41 Å². The molecule has 0 bridgehead atoms. The van der Waals surface area contributed by atoms with Gasteiger partial charge in [0.1, 0.15) is 9.84 Å². The Morgan fingerprint density at radius 2 is 1.62 bits per heavy atom. The van der Waals surface area contributed by atoms with Crippen LogP contribution in [-0.4, -0.2) is 31.0 Å². The molecule has 1 N–H and O–H groups in total. The van der Waals surface area contributed by atoms with Crippen LogP contribution < -0.4 is 0 Å². The number of sulfone groups is 1. The largest absolute Gasteiger partial charge is 0.481 e. The Balaban J connectivity index is 4.62. The number of carbonyl (C=O) groups is 1. The summed E-state index contributed by atoms with van der Waals surface area (Å²) in [6.45, 7) is 5.40. The van der Waals surface area contributed by atoms with E-state index in [4.69, 9.17) is 5.11 Å². The summed E-state index contributed by atoms with van der Waals surface area (Å²) in [6.07, 6.45) is 1.75. The highest BCUT2D eigenvalue weighted by atomic mass is 32.2. The molecule has 4 nitrogen and oxygen atoms in total. The fourth-order valence-corrected chi connectivity index (χ4v) is 3.30. The molecule has 0 aromatic carbocycles. The molecule has 0 fully saturated rings. The summed E-state index contributed by atoms with van der Waals surface area (Å²) in [7, 11) is -3.08. The Labute approximate surface area is 98.0 Å². The van der Waals surface area contributed by atoms with Crippen LogP contribution in [0.5, 0.6) is 0 Å². The minimum Gasteiger partial charge on any atom is -0.481 e. The van der Waals surface area contributed by atoms with E-state index in [9.17, 15) is 13.2 Å². The lowest BCUT2D eigenvalue weighted by molar-refractivity contribution is -0.149. The highest BCUT2D eigenvalue weighted by molar-refractivity contribution is 7.91. The first-order chi connectivity index (χ1) is 7.33. The maximum Gasteiger partial charge on any atom is 0.309 e. The zero-order valence-corrected chi connectivity index (χ0v) is 11.1. The van der Waals surface area contributed by atoms with Gasteiger partial charge in [-0.15, -0.1) is 0 Å². The maximum atomic E-state index is 11.5. The van der Waals surface area contributed by atoms with E-state index < -0.39 is 21.2 Å². The minimum absolute atomic E-state index is 0.0190. The molecule has 0 aliphatic rings. The normalized spacial score (nSPS) is 12.7. The molecule has 0 aromatic rings. The van der Waals surface area contributed by atoms with Gasteiger partial charge in [0.15, 0.2) is 0 Å². The Morgan fingerprint density at radius 3 is 1.94 bits per heavy atom. The van der Waals surface area contributed by atoms with Gasteiger partial charge in [-0.2, -0.15) is 0 Å². The lowest BCUT2D eigenvalue weighted by Crippen LogP contribution is -2.32. The molecule has 0 amide bonds. The Morgan fingerprint density at radius 1 is 1.12 bits per heavy atom. The molecule has 0 unspecified atom stereocenters. The number of hydrogen-bond acceptors (Lipinski definition) is 3. The number of hydrogen-bond donors (Lipinski definition) is 1. The van der Waals surface area contributed by atoms with Gasteiger partial charge in [-0.3, -0.25) is 4.79 Å². The predicted octanol–water partition coefficient (Wildman–Crippen LogP) is 2.09. The van der Waals surface area contributed by atoms with E-state index in [0.29, 0.717) is 19.3 Å². The van der Waals surface area contributed by atoms with Gasteiger partial charge in [0.05, 0.1) is 11.2 Å². The minimum atomic E-state index is -3.08. The van der Waals surface area contributed by atoms with Crippen LogP contribution in [0.15, 0.2) is 0 Å². The molecule has 0 saturated heterocycles. The third-order valence-electron chi connectivity index (χ3n) is 3.21. The molecule has 96 valence electrons. The van der Waals surface area contributed by atoms with E-state index in [2.05, 4.69) is 0 Å². The summed E-state index contributed by atoms with van der Waals surface area (Å²) in [5.41, 5.74) is -0.874. The van der Waals surface area contributed by atoms with Gasteiger partial charge in [-0.25, -0.2) is 8.42 Å². The molecular weight excluding hydrogens is 228 g/mol. The molecular formula is C11H22O4S. The topological polar surface area (TPSA) is 71.4 Å². The van der Waals surface area contributed by atoms with Crippen molar-refractivity contribution in [3.8, 4) is 0 Å². The smallest absolute Gasteiger partial charge is 0.309 e. The monoisotopic (exact) mass is 250 g/mol. The summed E-state index contributed by atoms with van der Waals surface area (Å²) in [5.74, 6) is -0.755. The van der Waals surface area contributed by atoms with Crippen molar-refractivity contribution < 1.29 is 18.3 Å². The maximum absolute atomic E-state index is 11.5. The van der Waals surface area contributed by atoms with Crippen LogP contribution >= 0.6 is 0 Å². The number of carboxylic acids is 1. The zero-order chi connectivity index (χ0) is 12.8. The van der Waals surface area contributed by atoms with Crippen molar-refractivity contribution in [1.82, 2.24) is 0 Å². The second-order valence-corrected chi connectivity index (χ2v) is 6.50. The van der Waals surface area contributed by atoms with Crippen LogP contribution in [0.4, 0.5) is 0 Å². The molecule has 0 heterocycles. The van der Waals surface area contributed by atoms with Gasteiger partial charge in [0.2, 0.25) is 0 Å². The summed E-state index contributed by atoms with van der Waals surface area (Å²) >= 11 is 0. The third-order valence-corrected chi connectivity index (χ3v) is 5.07. The Bertz CT molecular complexity index is 315. The van der Waals surface area contributed by atoms with Crippen molar-refractivity contribution in [1.29, 1.82) is 0 Å². The van der Waals surface area contributed by atoms with Crippen molar-refractivity contribution in [3.05, 3.63) is 0 Å². The summed E-state index contributed by atoms with van der Waals surface area (Å²) in [4.78, 5) is 11.2. The van der Waals surface area contributed by atoms with Crippen LogP contribution in [0.3, 0.4) is 0 Å². The first kappa shape index (κ1) is 15.4. The van der Waals surface area contributed by atoms with Crippen LogP contribution in [0.2, 0.25) is 0 Å². The first-order valence-corrected chi connectivity index (χ1v) is 7.59. The van der Waals surface area contributed by atoms with E-state index >= 15 is 0 Å². The highest BCUT2D eigenvalue weighted by Gasteiger charge is 2.35. The third kappa shape index (κ3) is 4.12. The first-order valence-electron chi connectivity index (χ1n) is 5.77. The van der Waals surface area contributed by atoms with Crippen molar-refractivity contribution >= 4 is 15.8 Å². The number of carboxylic acid groups (broad SMARTS) is 1. The SMILES string of the molecule is CCCS(=O)(=O)CCC(CC)(CC)C(=O)O. The number of aliphatic carboxylic acids is 1. The molecule has 0 aromatic heterocycles. The molecule has 5 heteroatoms. The quantitative estimate of drug-likeness (QED) is 0.716. The van der Waals surface area contributed by atoms with Gasteiger partial charge in [0, 0.05) is 5.75 Å². The fourth-order valence-electron chi connectivity index (χ4n) is 1.78. The number of rotatable bonds is 8. The second kappa shape index (κ2) is 6.23. The molecule has 16 heavy (non-hydrogen) atoms. The van der Waals surface area contributed by atoms with Crippen molar-refractivity contribution in [2.75, 3.05) is 11.5 Å². The average Bonchev–Trinajstić information content (AvgIpc) is 2.19. The molecule has 0 radical (unpaired) electrons. The van der Waals surface area contributed by atoms with Crippen LogP contribution in [0.1, 0.15) is 46.5 Å². The van der Waals surface area contributed by atoms with E-state index in [0.717, 1.165) is 0 Å². The summed E-state index contributed by atoms with van der Waals surface area (Å²) < 4.78 is 23.1. The van der Waals surface area contributed by atoms with Crippen molar-refractivity contribution in [2.24, 2.45) is 5.41 Å². The van der Waals surface area contributed by atoms with Gasteiger partial charge >= 0.3 is 5.97 Å². The molecule has 0 spiro atoms. The molecule has 0 rings (SSSR count). The molecule has 0 aliphatic heterocycles. The van der Waals surface area contributed by atoms with Crippen LogP contribution in [0.25, 0.3) is 0 Å². The van der Waals surface area contributed by atoms with E-state index in [-0.39, 0.29) is 17.9 Å². The van der Waals surface area contributed by atoms with Crippen LogP contribution in [-0.2, 0) is 14.6 Å². The predicted molar refractivity (Wildman–Crippen MR) is 64.2 cm³/mol. The standard InChI is InChI=1S/C11H22O4S/c1-4-8-16(14,15)9-7-11(5-2,6-3)10(12)13/h4-9H2,1-3H3,(H,12,13). The molecule has 0 aliphatic carbocycles. The van der Waals surface area contributed by atoms with Gasteiger partial charge in [-0.05, 0) is 25.7 Å². The average molecular weight is 250 g/mol. The molecule has 0 saturated carbocycles. The van der Waals surface area contributed by atoms with E-state index in [1.807, 2.05) is 6.92 Å². The molecule has 0 atom stereocenters. The summed E-state index contributed by atoms with van der Waals surface area (Å²) in [5, 5.41) is 9.16. The van der Waals surface area contributed by atoms with Gasteiger partial charge < -0.3 is 5.11 Å². The lowest BCUT2D eigenvalue weighted by Gasteiger charge is -2.26. The second-order valence-electron chi connectivity index (χ2n) is 4.19. The fraction of sp³-hybridized carbons (Fsp3) is 0.909. The lowest BCUT2D eigenvalue weighted by atomic mass is 9.80. The zero-order valence-electron chi connectivity index (χ0n) is 10.3. The Hall–Kier alpha value is -0.580.